The molecule has 4 rings (SSSR count). The average molecular weight is 484 g/mol. The van der Waals surface area contributed by atoms with E-state index in [1.165, 1.54) is 34.6 Å². The van der Waals surface area contributed by atoms with Crippen molar-refractivity contribution in [3.63, 3.8) is 0 Å². The Morgan fingerprint density at radius 1 is 1.06 bits per heavy atom. The molecule has 7 nitrogen and oxygen atoms in total. The summed E-state index contributed by atoms with van der Waals surface area (Å²) in [5.74, 6) is -0.641. The van der Waals surface area contributed by atoms with Crippen molar-refractivity contribution in [2.24, 2.45) is 5.92 Å². The quantitative estimate of drug-likeness (QED) is 0.474. The van der Waals surface area contributed by atoms with Crippen molar-refractivity contribution in [2.75, 3.05) is 6.54 Å². The molecule has 1 atom stereocenters. The lowest BCUT2D eigenvalue weighted by Gasteiger charge is -2.30. The van der Waals surface area contributed by atoms with Crippen molar-refractivity contribution in [2.45, 2.75) is 38.2 Å². The van der Waals surface area contributed by atoms with E-state index < -0.39 is 41.0 Å². The summed E-state index contributed by atoms with van der Waals surface area (Å²) in [4.78, 5) is 26.9. The fraction of sp³-hybridized carbons (Fsp3) is 0.381. The van der Waals surface area contributed by atoms with Crippen molar-refractivity contribution in [1.82, 2.24) is 29.6 Å². The molecule has 34 heavy (non-hydrogen) atoms. The minimum absolute atomic E-state index is 0.00305. The Labute approximate surface area is 189 Å². The highest BCUT2D eigenvalue weighted by Crippen LogP contribution is 2.38. The third-order valence-electron chi connectivity index (χ3n) is 5.45. The number of amides is 1. The van der Waals surface area contributed by atoms with Crippen LogP contribution in [0.3, 0.4) is 0 Å². The van der Waals surface area contributed by atoms with E-state index in [2.05, 4.69) is 20.1 Å². The molecular formula is C21H18F6N6O. The lowest BCUT2D eigenvalue weighted by atomic mass is 10.0. The van der Waals surface area contributed by atoms with Gasteiger partial charge in [0.1, 0.15) is 18.3 Å². The third-order valence-corrected chi connectivity index (χ3v) is 5.45. The summed E-state index contributed by atoms with van der Waals surface area (Å²) in [6.07, 6.45) is -3.15. The number of carbonyl (C=O) groups is 1. The fourth-order valence-corrected chi connectivity index (χ4v) is 3.52. The number of nitrogens with zero attached hydrogens (tertiary/aromatic N) is 6. The van der Waals surface area contributed by atoms with Gasteiger partial charge in [0.2, 0.25) is 0 Å². The van der Waals surface area contributed by atoms with Crippen LogP contribution >= 0.6 is 0 Å². The monoisotopic (exact) mass is 484 g/mol. The van der Waals surface area contributed by atoms with Crippen LogP contribution in [-0.4, -0.2) is 42.1 Å². The second kappa shape index (κ2) is 8.69. The largest absolute Gasteiger partial charge is 0.416 e. The van der Waals surface area contributed by atoms with E-state index in [1.807, 2.05) is 0 Å². The molecule has 0 saturated heterocycles. The first-order chi connectivity index (χ1) is 15.9. The predicted molar refractivity (Wildman–Crippen MR) is 106 cm³/mol. The molecule has 1 amide bonds. The zero-order valence-corrected chi connectivity index (χ0v) is 17.7. The second-order valence-electron chi connectivity index (χ2n) is 7.98. The molecule has 0 spiro atoms. The Morgan fingerprint density at radius 3 is 2.21 bits per heavy atom. The molecule has 0 N–H and O–H groups in total. The molecule has 1 aliphatic carbocycles. The van der Waals surface area contributed by atoms with Gasteiger partial charge in [-0.05, 0) is 43.9 Å². The molecular weight excluding hydrogens is 466 g/mol. The van der Waals surface area contributed by atoms with Crippen molar-refractivity contribution in [3.05, 3.63) is 65.6 Å². The number of hydrogen-bond donors (Lipinski definition) is 0. The Hall–Kier alpha value is -3.51. The minimum atomic E-state index is -5.06. The Bertz CT molecular complexity index is 1140. The summed E-state index contributed by atoms with van der Waals surface area (Å²) in [5.41, 5.74) is -3.54. The van der Waals surface area contributed by atoms with Crippen LogP contribution in [-0.2, 0) is 12.4 Å². The first-order valence-electron chi connectivity index (χ1n) is 10.2. The van der Waals surface area contributed by atoms with Gasteiger partial charge >= 0.3 is 12.4 Å². The molecule has 0 radical (unpaired) electrons. The summed E-state index contributed by atoms with van der Waals surface area (Å²) < 4.78 is 81.3. The standard InChI is InChI=1S/C21H18F6N6O/c1-12(17-18(30-5-4-29-17)33-11-28-10-31-33)32(9-13-2-3-13)19(34)14-6-15(20(22,23)24)8-16(7-14)21(25,26)27/h4-8,10-13H,2-3,9H2,1H3. The van der Waals surface area contributed by atoms with Crippen LogP contribution in [0.5, 0.6) is 0 Å². The van der Waals surface area contributed by atoms with Gasteiger partial charge in [0.15, 0.2) is 5.82 Å². The molecule has 1 aliphatic rings. The number of rotatable bonds is 6. The molecule has 2 heterocycles. The number of aromatic nitrogens is 5. The molecule has 1 aromatic carbocycles. The predicted octanol–water partition coefficient (Wildman–Crippen LogP) is 4.71. The first-order valence-corrected chi connectivity index (χ1v) is 10.2. The average Bonchev–Trinajstić information content (AvgIpc) is 3.44. The summed E-state index contributed by atoms with van der Waals surface area (Å²) >= 11 is 0. The van der Waals surface area contributed by atoms with Gasteiger partial charge in [0.25, 0.3) is 5.91 Å². The number of alkyl halides is 6. The van der Waals surface area contributed by atoms with Crippen LogP contribution in [0.15, 0.2) is 43.2 Å². The summed E-state index contributed by atoms with van der Waals surface area (Å²) in [6.45, 7) is 1.73. The van der Waals surface area contributed by atoms with Crippen molar-refractivity contribution < 1.29 is 31.1 Å². The molecule has 13 heteroatoms. The maximum absolute atomic E-state index is 13.4. The molecule has 1 saturated carbocycles. The topological polar surface area (TPSA) is 76.8 Å². The first kappa shape index (κ1) is 23.6. The van der Waals surface area contributed by atoms with Crippen LogP contribution in [0.25, 0.3) is 5.82 Å². The highest BCUT2D eigenvalue weighted by molar-refractivity contribution is 5.95. The zero-order chi connectivity index (χ0) is 24.7. The van der Waals surface area contributed by atoms with Gasteiger partial charge in [-0.3, -0.25) is 9.78 Å². The van der Waals surface area contributed by atoms with Crippen LogP contribution in [0, 0.1) is 5.92 Å². The summed E-state index contributed by atoms with van der Waals surface area (Å²) in [6, 6.07) is 0.0554. The van der Waals surface area contributed by atoms with E-state index in [0.29, 0.717) is 12.1 Å². The minimum Gasteiger partial charge on any atom is -0.330 e. The van der Waals surface area contributed by atoms with Crippen LogP contribution in [0.4, 0.5) is 26.3 Å². The van der Waals surface area contributed by atoms with Crippen molar-refractivity contribution in [1.29, 1.82) is 0 Å². The van der Waals surface area contributed by atoms with Gasteiger partial charge in [0, 0.05) is 24.5 Å². The lowest BCUT2D eigenvalue weighted by Crippen LogP contribution is -2.36. The van der Waals surface area contributed by atoms with Gasteiger partial charge < -0.3 is 4.90 Å². The van der Waals surface area contributed by atoms with Gasteiger partial charge in [0.05, 0.1) is 17.2 Å². The normalized spacial score (nSPS) is 15.3. The van der Waals surface area contributed by atoms with Crippen LogP contribution in [0.2, 0.25) is 0 Å². The molecule has 180 valence electrons. The smallest absolute Gasteiger partial charge is 0.330 e. The zero-order valence-electron chi connectivity index (χ0n) is 17.7. The third kappa shape index (κ3) is 5.02. The van der Waals surface area contributed by atoms with Crippen LogP contribution < -0.4 is 0 Å². The van der Waals surface area contributed by atoms with Gasteiger partial charge in [-0.25, -0.2) is 14.6 Å². The van der Waals surface area contributed by atoms with Crippen molar-refractivity contribution in [3.8, 4) is 5.82 Å². The Kier molecular flexibility index (Phi) is 6.04. The SMILES string of the molecule is CC(c1nccnc1-n1cncn1)N(CC1CC1)C(=O)c1cc(C(F)(F)F)cc(C(F)(F)F)c1. The van der Waals surface area contributed by atoms with E-state index in [0.717, 1.165) is 12.8 Å². The lowest BCUT2D eigenvalue weighted by molar-refractivity contribution is -0.143. The van der Waals surface area contributed by atoms with E-state index in [4.69, 9.17) is 0 Å². The number of carbonyl (C=O) groups excluding carboxylic acids is 1. The Morgan fingerprint density at radius 2 is 1.68 bits per heavy atom. The van der Waals surface area contributed by atoms with Crippen LogP contribution in [0.1, 0.15) is 53.0 Å². The fourth-order valence-electron chi connectivity index (χ4n) is 3.52. The van der Waals surface area contributed by atoms with Gasteiger partial charge in [-0.2, -0.15) is 31.4 Å². The highest BCUT2D eigenvalue weighted by Gasteiger charge is 2.39. The second-order valence-corrected chi connectivity index (χ2v) is 7.98. The van der Waals surface area contributed by atoms with Gasteiger partial charge in [-0.15, -0.1) is 0 Å². The molecule has 1 unspecified atom stereocenters. The molecule has 1 fully saturated rings. The summed E-state index contributed by atoms with van der Waals surface area (Å²) in [7, 11) is 0. The molecule has 0 bridgehead atoms. The molecule has 3 aromatic rings. The Balaban J connectivity index is 1.77. The van der Waals surface area contributed by atoms with E-state index in [9.17, 15) is 31.1 Å². The van der Waals surface area contributed by atoms with E-state index in [1.54, 1.807) is 6.92 Å². The number of benzene rings is 1. The maximum Gasteiger partial charge on any atom is 0.416 e. The maximum atomic E-state index is 13.4. The molecule has 2 aromatic heterocycles. The van der Waals surface area contributed by atoms with E-state index >= 15 is 0 Å². The van der Waals surface area contributed by atoms with Gasteiger partial charge in [-0.1, -0.05) is 0 Å². The highest BCUT2D eigenvalue weighted by atomic mass is 19.4. The van der Waals surface area contributed by atoms with E-state index in [-0.39, 0.29) is 30.0 Å². The number of hydrogen-bond acceptors (Lipinski definition) is 5. The number of halogens is 6. The molecule has 0 aliphatic heterocycles. The van der Waals surface area contributed by atoms with Crippen molar-refractivity contribution >= 4 is 5.91 Å². The summed E-state index contributed by atoms with van der Waals surface area (Å²) in [5, 5.41) is 3.99.